The highest BCUT2D eigenvalue weighted by Gasteiger charge is 2.07. The molecule has 0 heterocycles. The Balaban J connectivity index is 3.54. The Bertz CT molecular complexity index is 170. The maximum atomic E-state index is 10.7. The molecule has 0 fully saturated rings. The fourth-order valence-electron chi connectivity index (χ4n) is 0.529. The summed E-state index contributed by atoms with van der Waals surface area (Å²) in [7, 11) is 0. The highest BCUT2D eigenvalue weighted by atomic mass is 16.5. The van der Waals surface area contributed by atoms with E-state index in [4.69, 9.17) is 11.1 Å². The normalized spacial score (nSPS) is 11.8. The van der Waals surface area contributed by atoms with E-state index in [1.807, 2.05) is 0 Å². The Hall–Kier alpha value is -1.26. The van der Waals surface area contributed by atoms with Crippen LogP contribution in [0.3, 0.4) is 0 Å². The van der Waals surface area contributed by atoms with Gasteiger partial charge in [0.2, 0.25) is 0 Å². The molecule has 5 nitrogen and oxygen atoms in total. The second-order valence-corrected chi connectivity index (χ2v) is 2.46. The van der Waals surface area contributed by atoms with Crippen LogP contribution in [0.2, 0.25) is 0 Å². The zero-order valence-corrected chi connectivity index (χ0v) is 7.39. The summed E-state index contributed by atoms with van der Waals surface area (Å²) < 4.78 is 4.61. The summed E-state index contributed by atoms with van der Waals surface area (Å²) in [4.78, 5) is 10.7. The van der Waals surface area contributed by atoms with Gasteiger partial charge < -0.3 is 15.8 Å². The van der Waals surface area contributed by atoms with E-state index in [-0.39, 0.29) is 11.8 Å². The van der Waals surface area contributed by atoms with Crippen molar-refractivity contribution in [1.82, 2.24) is 5.32 Å². The Labute approximate surface area is 71.8 Å². The van der Waals surface area contributed by atoms with Crippen LogP contribution in [0.5, 0.6) is 0 Å². The van der Waals surface area contributed by atoms with Crippen molar-refractivity contribution < 1.29 is 9.53 Å². The van der Waals surface area contributed by atoms with Gasteiger partial charge in [-0.05, 0) is 6.92 Å². The van der Waals surface area contributed by atoms with Crippen LogP contribution in [0.1, 0.15) is 13.8 Å². The number of amides is 1. The fourth-order valence-corrected chi connectivity index (χ4v) is 0.529. The Morgan fingerprint density at radius 3 is 2.75 bits per heavy atom. The Kier molecular flexibility index (Phi) is 4.83. The molecule has 0 aliphatic carbocycles. The highest BCUT2D eigenvalue weighted by Crippen LogP contribution is 1.90. The van der Waals surface area contributed by atoms with Gasteiger partial charge in [-0.25, -0.2) is 4.79 Å². The minimum Gasteiger partial charge on any atom is -0.450 e. The quantitative estimate of drug-likeness (QED) is 0.422. The summed E-state index contributed by atoms with van der Waals surface area (Å²) in [5.41, 5.74) is 5.19. The van der Waals surface area contributed by atoms with Crippen molar-refractivity contribution in [1.29, 1.82) is 5.41 Å². The zero-order chi connectivity index (χ0) is 9.56. The second kappa shape index (κ2) is 5.40. The number of amidine groups is 1. The molecule has 0 aromatic rings. The van der Waals surface area contributed by atoms with Crippen LogP contribution in [0.25, 0.3) is 0 Å². The number of hydrogen-bond acceptors (Lipinski definition) is 3. The number of nitrogens with two attached hydrogens (primary N) is 1. The highest BCUT2D eigenvalue weighted by molar-refractivity contribution is 5.80. The lowest BCUT2D eigenvalue weighted by Gasteiger charge is -2.10. The van der Waals surface area contributed by atoms with Gasteiger partial charge in [-0.1, -0.05) is 6.92 Å². The molecule has 0 aliphatic rings. The van der Waals surface area contributed by atoms with Gasteiger partial charge in [-0.15, -0.1) is 0 Å². The predicted octanol–water partition coefficient (Wildman–Crippen LogP) is 0.305. The summed E-state index contributed by atoms with van der Waals surface area (Å²) in [5, 5.41) is 9.51. The predicted molar refractivity (Wildman–Crippen MR) is 46.1 cm³/mol. The van der Waals surface area contributed by atoms with Gasteiger partial charge in [0, 0.05) is 12.5 Å². The maximum absolute atomic E-state index is 10.7. The fraction of sp³-hybridized carbons (Fsp3) is 0.714. The average Bonchev–Trinajstić information content (AvgIpc) is 2.00. The van der Waals surface area contributed by atoms with E-state index in [0.29, 0.717) is 13.2 Å². The lowest BCUT2D eigenvalue weighted by atomic mass is 10.2. The minimum atomic E-state index is -0.467. The molecule has 0 radical (unpaired) electrons. The summed E-state index contributed by atoms with van der Waals surface area (Å²) in [6, 6.07) is 0. The second-order valence-electron chi connectivity index (χ2n) is 2.46. The van der Waals surface area contributed by atoms with E-state index >= 15 is 0 Å². The van der Waals surface area contributed by atoms with Crippen molar-refractivity contribution in [2.45, 2.75) is 13.8 Å². The molecule has 1 unspecified atom stereocenters. The molecule has 0 bridgehead atoms. The van der Waals surface area contributed by atoms with Crippen molar-refractivity contribution in [2.24, 2.45) is 11.7 Å². The van der Waals surface area contributed by atoms with E-state index in [9.17, 15) is 4.79 Å². The summed E-state index contributed by atoms with van der Waals surface area (Å²) in [6.07, 6.45) is -0.467. The number of carbonyl (C=O) groups is 1. The number of rotatable bonds is 4. The lowest BCUT2D eigenvalue weighted by Crippen LogP contribution is -2.34. The van der Waals surface area contributed by atoms with Crippen LogP contribution < -0.4 is 11.1 Å². The third kappa shape index (κ3) is 4.54. The van der Waals surface area contributed by atoms with E-state index in [1.165, 1.54) is 0 Å². The van der Waals surface area contributed by atoms with E-state index in [1.54, 1.807) is 13.8 Å². The van der Waals surface area contributed by atoms with Crippen LogP contribution in [0.15, 0.2) is 0 Å². The summed E-state index contributed by atoms with van der Waals surface area (Å²) in [6.45, 7) is 4.18. The SMILES string of the molecule is CCOC(=O)NCC(C)C(=N)N. The zero-order valence-electron chi connectivity index (χ0n) is 7.39. The van der Waals surface area contributed by atoms with Gasteiger partial charge in [0.05, 0.1) is 12.4 Å². The molecular formula is C7H15N3O2. The Morgan fingerprint density at radius 2 is 2.33 bits per heavy atom. The van der Waals surface area contributed by atoms with Gasteiger partial charge >= 0.3 is 6.09 Å². The molecule has 0 spiro atoms. The molecule has 0 aliphatic heterocycles. The Morgan fingerprint density at radius 1 is 1.75 bits per heavy atom. The van der Waals surface area contributed by atoms with Crippen LogP contribution in [0.4, 0.5) is 4.79 Å². The first-order valence-electron chi connectivity index (χ1n) is 3.82. The van der Waals surface area contributed by atoms with Gasteiger partial charge in [-0.3, -0.25) is 5.41 Å². The third-order valence-corrected chi connectivity index (χ3v) is 1.36. The van der Waals surface area contributed by atoms with Gasteiger partial charge in [-0.2, -0.15) is 0 Å². The molecule has 4 N–H and O–H groups in total. The molecule has 0 aromatic carbocycles. The summed E-state index contributed by atoms with van der Waals surface area (Å²) in [5.74, 6) is -0.0822. The first-order valence-corrected chi connectivity index (χ1v) is 3.82. The van der Waals surface area contributed by atoms with Crippen molar-refractivity contribution in [3.8, 4) is 0 Å². The van der Waals surface area contributed by atoms with Crippen molar-refractivity contribution in [3.63, 3.8) is 0 Å². The van der Waals surface area contributed by atoms with E-state index in [0.717, 1.165) is 0 Å². The van der Waals surface area contributed by atoms with Crippen LogP contribution in [-0.4, -0.2) is 25.1 Å². The van der Waals surface area contributed by atoms with Crippen LogP contribution in [0, 0.1) is 11.3 Å². The van der Waals surface area contributed by atoms with Gasteiger partial charge in [0.25, 0.3) is 0 Å². The topological polar surface area (TPSA) is 88.2 Å². The van der Waals surface area contributed by atoms with E-state index < -0.39 is 6.09 Å². The first kappa shape index (κ1) is 10.7. The number of nitrogens with one attached hydrogen (secondary N) is 2. The average molecular weight is 173 g/mol. The number of alkyl carbamates (subject to hydrolysis) is 1. The van der Waals surface area contributed by atoms with Gasteiger partial charge in [0.1, 0.15) is 0 Å². The number of carbonyl (C=O) groups excluding carboxylic acids is 1. The molecule has 0 saturated carbocycles. The number of hydrogen-bond donors (Lipinski definition) is 3. The summed E-state index contributed by atoms with van der Waals surface area (Å²) >= 11 is 0. The largest absolute Gasteiger partial charge is 0.450 e. The molecule has 0 aromatic heterocycles. The molecule has 70 valence electrons. The molecule has 0 saturated heterocycles. The smallest absolute Gasteiger partial charge is 0.407 e. The van der Waals surface area contributed by atoms with Crippen molar-refractivity contribution in [3.05, 3.63) is 0 Å². The number of ether oxygens (including phenoxy) is 1. The molecule has 0 rings (SSSR count). The van der Waals surface area contributed by atoms with E-state index in [2.05, 4.69) is 10.1 Å². The molecule has 1 atom stereocenters. The monoisotopic (exact) mass is 173 g/mol. The van der Waals surface area contributed by atoms with Crippen molar-refractivity contribution >= 4 is 11.9 Å². The van der Waals surface area contributed by atoms with Gasteiger partial charge in [0.15, 0.2) is 0 Å². The van der Waals surface area contributed by atoms with Crippen LogP contribution >= 0.6 is 0 Å². The molecular weight excluding hydrogens is 158 g/mol. The van der Waals surface area contributed by atoms with Crippen LogP contribution in [-0.2, 0) is 4.74 Å². The molecule has 1 amide bonds. The standard InChI is InChI=1S/C7H15N3O2/c1-3-12-7(11)10-4-5(2)6(8)9/h5H,3-4H2,1-2H3,(H3,8,9)(H,10,11). The molecule has 12 heavy (non-hydrogen) atoms. The lowest BCUT2D eigenvalue weighted by molar-refractivity contribution is 0.151. The maximum Gasteiger partial charge on any atom is 0.407 e. The third-order valence-electron chi connectivity index (χ3n) is 1.36. The first-order chi connectivity index (χ1) is 5.57. The minimum absolute atomic E-state index is 0.0619. The molecule has 5 heteroatoms. The van der Waals surface area contributed by atoms with Crippen molar-refractivity contribution in [2.75, 3.05) is 13.2 Å².